The van der Waals surface area contributed by atoms with Gasteiger partial charge < -0.3 is 25.7 Å². The summed E-state index contributed by atoms with van der Waals surface area (Å²) in [5.41, 5.74) is 9.79. The summed E-state index contributed by atoms with van der Waals surface area (Å²) in [5.74, 6) is 1.95. The molecule has 0 radical (unpaired) electrons. The maximum atomic E-state index is 11.0. The summed E-state index contributed by atoms with van der Waals surface area (Å²) in [6, 6.07) is 16.1. The van der Waals surface area contributed by atoms with Gasteiger partial charge in [-0.2, -0.15) is 0 Å². The summed E-state index contributed by atoms with van der Waals surface area (Å²) in [7, 11) is 0. The number of amides is 2. The Kier molecular flexibility index (Phi) is 10.5. The van der Waals surface area contributed by atoms with Gasteiger partial charge in [-0.25, -0.2) is 0 Å². The van der Waals surface area contributed by atoms with Crippen LogP contribution in [0.4, 0.5) is 0 Å². The number of para-hydroxylation sites is 1. The quantitative estimate of drug-likeness (QED) is 0.724. The Hall–Kier alpha value is -2.90. The number of carbonyl (C=O) groups is 2. The molecular weight excluding hydrogens is 396 g/mol. The second-order valence-electron chi connectivity index (χ2n) is 7.52. The van der Waals surface area contributed by atoms with Gasteiger partial charge in [0.15, 0.2) is 0 Å². The van der Waals surface area contributed by atoms with E-state index < -0.39 is 5.91 Å². The first-order chi connectivity index (χ1) is 15.0. The zero-order chi connectivity index (χ0) is 22.5. The Morgan fingerprint density at radius 3 is 1.94 bits per heavy atom. The number of rotatable bonds is 3. The van der Waals surface area contributed by atoms with Crippen LogP contribution in [-0.4, -0.2) is 37.7 Å². The van der Waals surface area contributed by atoms with E-state index >= 15 is 0 Å². The second kappa shape index (κ2) is 13.4. The Balaban J connectivity index is 0.000000186. The number of hydrogen-bond donors (Lipinski definition) is 2. The van der Waals surface area contributed by atoms with Gasteiger partial charge in [0.05, 0.1) is 12.2 Å². The molecule has 3 fully saturated rings. The Morgan fingerprint density at radius 1 is 0.935 bits per heavy atom. The molecule has 7 heteroatoms. The van der Waals surface area contributed by atoms with Gasteiger partial charge in [-0.15, -0.1) is 0 Å². The van der Waals surface area contributed by atoms with Gasteiger partial charge in [0, 0.05) is 18.8 Å². The maximum absolute atomic E-state index is 11.0. The van der Waals surface area contributed by atoms with Crippen molar-refractivity contribution < 1.29 is 23.8 Å². The van der Waals surface area contributed by atoms with Gasteiger partial charge in [-0.1, -0.05) is 44.0 Å². The molecule has 2 amide bonds. The van der Waals surface area contributed by atoms with E-state index in [1.807, 2.05) is 30.3 Å². The molecule has 2 aromatic carbocycles. The smallest absolute Gasteiger partial charge is 0.248 e. The van der Waals surface area contributed by atoms with Crippen LogP contribution >= 0.6 is 0 Å². The van der Waals surface area contributed by atoms with Gasteiger partial charge in [-0.05, 0) is 49.1 Å². The van der Waals surface area contributed by atoms with Gasteiger partial charge >= 0.3 is 0 Å². The molecule has 0 aromatic heterocycles. The lowest BCUT2D eigenvalue weighted by molar-refractivity contribution is -0.106. The van der Waals surface area contributed by atoms with Crippen molar-refractivity contribution in [3.8, 4) is 11.5 Å². The first kappa shape index (κ1) is 24.4. The number of nitrogens with two attached hydrogens (primary N) is 2. The highest BCUT2D eigenvalue weighted by Gasteiger charge is 2.33. The number of primary amides is 2. The van der Waals surface area contributed by atoms with E-state index in [0.717, 1.165) is 37.7 Å². The Morgan fingerprint density at radius 2 is 1.45 bits per heavy atom. The van der Waals surface area contributed by atoms with Crippen LogP contribution in [0.15, 0.2) is 54.6 Å². The normalized spacial score (nSPS) is 20.4. The molecule has 2 atom stereocenters. The summed E-state index contributed by atoms with van der Waals surface area (Å²) in [4.78, 5) is 19.6. The van der Waals surface area contributed by atoms with Crippen LogP contribution in [0.1, 0.15) is 43.0 Å². The highest BCUT2D eigenvalue weighted by Crippen LogP contribution is 2.27. The van der Waals surface area contributed by atoms with Crippen LogP contribution in [0.5, 0.6) is 11.5 Å². The van der Waals surface area contributed by atoms with E-state index in [0.29, 0.717) is 23.5 Å². The van der Waals surface area contributed by atoms with Gasteiger partial charge in [0.2, 0.25) is 12.3 Å². The number of fused-ring (bicyclic) bond motifs is 1. The van der Waals surface area contributed by atoms with E-state index in [-0.39, 0.29) is 6.41 Å². The number of carbonyl (C=O) groups excluding carboxylic acids is 2. The third-order valence-electron chi connectivity index (χ3n) is 4.85. The van der Waals surface area contributed by atoms with Crippen LogP contribution in [0, 0.1) is 5.92 Å². The minimum absolute atomic E-state index is 0.250. The van der Waals surface area contributed by atoms with E-state index in [1.54, 1.807) is 24.3 Å². The summed E-state index contributed by atoms with van der Waals surface area (Å²) >= 11 is 0. The summed E-state index contributed by atoms with van der Waals surface area (Å²) < 4.78 is 16.3. The molecule has 2 heterocycles. The molecule has 1 aliphatic carbocycles. The molecule has 31 heavy (non-hydrogen) atoms. The van der Waals surface area contributed by atoms with E-state index in [1.165, 1.54) is 12.8 Å². The Labute approximate surface area is 183 Å². The molecular formula is C24H32N2O5. The fraction of sp³-hybridized carbons (Fsp3) is 0.417. The highest BCUT2D eigenvalue weighted by atomic mass is 16.6. The van der Waals surface area contributed by atoms with E-state index in [9.17, 15) is 4.79 Å². The molecule has 3 aliphatic rings. The lowest BCUT2D eigenvalue weighted by Gasteiger charge is -2.05. The van der Waals surface area contributed by atoms with Crippen molar-refractivity contribution in [3.63, 3.8) is 0 Å². The predicted octanol–water partition coefficient (Wildman–Crippen LogP) is 3.66. The van der Waals surface area contributed by atoms with Crippen molar-refractivity contribution in [1.82, 2.24) is 0 Å². The van der Waals surface area contributed by atoms with Crippen LogP contribution in [0.3, 0.4) is 0 Å². The first-order valence-corrected chi connectivity index (χ1v) is 10.5. The van der Waals surface area contributed by atoms with Crippen molar-refractivity contribution >= 4 is 12.3 Å². The molecule has 168 valence electrons. The van der Waals surface area contributed by atoms with Crippen molar-refractivity contribution in [2.45, 2.75) is 44.8 Å². The fourth-order valence-electron chi connectivity index (χ4n) is 2.93. The van der Waals surface area contributed by atoms with Crippen molar-refractivity contribution in [1.29, 1.82) is 0 Å². The summed E-state index contributed by atoms with van der Waals surface area (Å²) in [5, 5.41) is 0. The van der Waals surface area contributed by atoms with Gasteiger partial charge in [-0.3, -0.25) is 9.59 Å². The first-order valence-electron chi connectivity index (χ1n) is 10.5. The minimum Gasteiger partial charge on any atom is -0.457 e. The van der Waals surface area contributed by atoms with E-state index in [4.69, 9.17) is 24.7 Å². The predicted molar refractivity (Wildman–Crippen MR) is 119 cm³/mol. The standard InChI is InChI=1S/C13H11NO2.C6H10O2.C4H8.CH3NO/c14-13(15)10-5-4-8-12(9-10)16-11-6-2-1-3-7-11;1-3-7-6-2-4-8-5(1)6;1-4-2-3-4;2-1-3/h1-9H,(H2,14,15);5-6H,1-4H2;4H,2-3H2,1H3;1H,(H2,2,3). The molecule has 0 spiro atoms. The molecule has 1 saturated carbocycles. The number of benzene rings is 2. The molecule has 2 aromatic rings. The summed E-state index contributed by atoms with van der Waals surface area (Å²) in [6.07, 6.45) is 6.36. The zero-order valence-electron chi connectivity index (χ0n) is 17.9. The third-order valence-corrected chi connectivity index (χ3v) is 4.85. The maximum Gasteiger partial charge on any atom is 0.248 e. The van der Waals surface area contributed by atoms with Crippen molar-refractivity contribution in [2.24, 2.45) is 17.4 Å². The van der Waals surface area contributed by atoms with Gasteiger partial charge in [0.25, 0.3) is 0 Å². The van der Waals surface area contributed by atoms with Crippen LogP contribution in [0.25, 0.3) is 0 Å². The number of hydrogen-bond acceptors (Lipinski definition) is 5. The molecule has 7 nitrogen and oxygen atoms in total. The number of ether oxygens (including phenoxy) is 3. The third kappa shape index (κ3) is 9.63. The second-order valence-corrected chi connectivity index (χ2v) is 7.52. The lowest BCUT2D eigenvalue weighted by atomic mass is 10.2. The average molecular weight is 429 g/mol. The minimum atomic E-state index is -0.460. The Bertz CT molecular complexity index is 776. The molecule has 5 rings (SSSR count). The molecule has 2 unspecified atom stereocenters. The topological polar surface area (TPSA) is 114 Å². The molecule has 2 saturated heterocycles. The van der Waals surface area contributed by atoms with E-state index in [2.05, 4.69) is 12.7 Å². The van der Waals surface area contributed by atoms with Crippen molar-refractivity contribution in [2.75, 3.05) is 13.2 Å². The molecule has 2 aliphatic heterocycles. The average Bonchev–Trinajstić information content (AvgIpc) is 3.22. The molecule has 4 N–H and O–H groups in total. The lowest BCUT2D eigenvalue weighted by Crippen LogP contribution is -2.13. The van der Waals surface area contributed by atoms with Crippen LogP contribution in [-0.2, 0) is 14.3 Å². The highest BCUT2D eigenvalue weighted by molar-refractivity contribution is 5.93. The SMILES string of the molecule is C1CC2OCCC2O1.CC1CC1.NC(=O)c1cccc(Oc2ccccc2)c1.NC=O. The van der Waals surface area contributed by atoms with Crippen LogP contribution < -0.4 is 16.2 Å². The van der Waals surface area contributed by atoms with Crippen molar-refractivity contribution in [3.05, 3.63) is 60.2 Å². The monoisotopic (exact) mass is 428 g/mol. The summed E-state index contributed by atoms with van der Waals surface area (Å²) in [6.45, 7) is 4.10. The fourth-order valence-corrected chi connectivity index (χ4v) is 2.93. The van der Waals surface area contributed by atoms with Gasteiger partial charge in [0.1, 0.15) is 11.5 Å². The largest absolute Gasteiger partial charge is 0.457 e. The zero-order valence-corrected chi connectivity index (χ0v) is 17.9. The molecule has 0 bridgehead atoms. The van der Waals surface area contributed by atoms with Crippen LogP contribution in [0.2, 0.25) is 0 Å².